The molecule has 0 atom stereocenters. The van der Waals surface area contributed by atoms with Gasteiger partial charge in [0, 0.05) is 25.2 Å². The van der Waals surface area contributed by atoms with Gasteiger partial charge < -0.3 is 4.90 Å². The molecule has 21 heavy (non-hydrogen) atoms. The first-order valence-electron chi connectivity index (χ1n) is 6.51. The highest BCUT2D eigenvalue weighted by Crippen LogP contribution is 2.31. The highest BCUT2D eigenvalue weighted by atomic mass is 35.5. The third-order valence-electron chi connectivity index (χ3n) is 3.82. The summed E-state index contributed by atoms with van der Waals surface area (Å²) in [5.41, 5.74) is -0.448. The van der Waals surface area contributed by atoms with Gasteiger partial charge in [-0.1, -0.05) is 11.6 Å². The van der Waals surface area contributed by atoms with Crippen molar-refractivity contribution in [3.63, 3.8) is 0 Å². The lowest BCUT2D eigenvalue weighted by Gasteiger charge is -2.35. The summed E-state index contributed by atoms with van der Waals surface area (Å²) in [6, 6.07) is 6.08. The van der Waals surface area contributed by atoms with Gasteiger partial charge in [-0.05, 0) is 25.8 Å². The van der Waals surface area contributed by atoms with Crippen LogP contribution in [0, 0.1) is 26.9 Å². The number of hydrogen-bond acceptors (Lipinski definition) is 4. The number of halogens is 1. The number of rotatable bonds is 2. The van der Waals surface area contributed by atoms with Crippen LogP contribution >= 0.6 is 11.6 Å². The van der Waals surface area contributed by atoms with Gasteiger partial charge in [0.2, 0.25) is 0 Å². The molecule has 0 saturated carbocycles. The second kappa shape index (κ2) is 5.70. The minimum atomic E-state index is -0.559. The molecule has 0 N–H and O–H groups in total. The number of carbonyl (C=O) groups is 1. The third-order valence-corrected chi connectivity index (χ3v) is 4.14. The van der Waals surface area contributed by atoms with Gasteiger partial charge in [0.05, 0.1) is 27.0 Å². The van der Waals surface area contributed by atoms with Crippen LogP contribution in [0.2, 0.25) is 5.02 Å². The Bertz CT molecular complexity index is 631. The fraction of sp³-hybridized carbons (Fsp3) is 0.429. The second-order valence-corrected chi connectivity index (χ2v) is 5.79. The summed E-state index contributed by atoms with van der Waals surface area (Å²) in [6.45, 7) is 2.76. The van der Waals surface area contributed by atoms with Crippen molar-refractivity contribution in [3.05, 3.63) is 38.9 Å². The SMILES string of the molecule is CC1(C#N)CCN(C(=O)c2cc([N+](=O)[O-])ccc2Cl)CC1. The van der Waals surface area contributed by atoms with E-state index in [1.54, 1.807) is 4.90 Å². The number of likely N-dealkylation sites (tertiary alicyclic amines) is 1. The van der Waals surface area contributed by atoms with Crippen molar-refractivity contribution in [2.75, 3.05) is 13.1 Å². The van der Waals surface area contributed by atoms with Crippen molar-refractivity contribution >= 4 is 23.2 Å². The van der Waals surface area contributed by atoms with E-state index in [-0.39, 0.29) is 22.2 Å². The van der Waals surface area contributed by atoms with Crippen molar-refractivity contribution in [2.45, 2.75) is 19.8 Å². The zero-order valence-electron chi connectivity index (χ0n) is 11.5. The first-order chi connectivity index (χ1) is 9.86. The van der Waals surface area contributed by atoms with Crippen molar-refractivity contribution < 1.29 is 9.72 Å². The number of nitrogens with zero attached hydrogens (tertiary/aromatic N) is 3. The Morgan fingerprint density at radius 2 is 2.10 bits per heavy atom. The number of non-ortho nitro benzene ring substituents is 1. The maximum atomic E-state index is 12.4. The summed E-state index contributed by atoms with van der Waals surface area (Å²) in [6.07, 6.45) is 1.17. The zero-order chi connectivity index (χ0) is 15.6. The molecule has 1 saturated heterocycles. The summed E-state index contributed by atoms with van der Waals surface area (Å²) in [7, 11) is 0. The van der Waals surface area contributed by atoms with Crippen molar-refractivity contribution in [1.29, 1.82) is 5.26 Å². The molecule has 1 aliphatic heterocycles. The molecule has 1 fully saturated rings. The van der Waals surface area contributed by atoms with Gasteiger partial charge >= 0.3 is 0 Å². The highest BCUT2D eigenvalue weighted by Gasteiger charge is 2.32. The number of nitriles is 1. The summed E-state index contributed by atoms with van der Waals surface area (Å²) >= 11 is 5.98. The Morgan fingerprint density at radius 1 is 1.48 bits per heavy atom. The van der Waals surface area contributed by atoms with Gasteiger partial charge in [-0.15, -0.1) is 0 Å². The predicted octanol–water partition coefficient (Wildman–Crippen LogP) is 3.01. The first kappa shape index (κ1) is 15.3. The van der Waals surface area contributed by atoms with Crippen LogP contribution in [0.25, 0.3) is 0 Å². The quantitative estimate of drug-likeness (QED) is 0.620. The topological polar surface area (TPSA) is 87.2 Å². The molecule has 0 aliphatic carbocycles. The Balaban J connectivity index is 2.20. The number of nitro benzene ring substituents is 1. The highest BCUT2D eigenvalue weighted by molar-refractivity contribution is 6.33. The van der Waals surface area contributed by atoms with Gasteiger partial charge in [0.1, 0.15) is 0 Å². The van der Waals surface area contributed by atoms with Crippen LogP contribution in [0.3, 0.4) is 0 Å². The number of amides is 1. The van der Waals surface area contributed by atoms with E-state index in [4.69, 9.17) is 16.9 Å². The predicted molar refractivity (Wildman–Crippen MR) is 77.0 cm³/mol. The molecule has 110 valence electrons. The molecule has 0 aromatic heterocycles. The van der Waals surface area contributed by atoms with E-state index in [1.165, 1.54) is 18.2 Å². The average molecular weight is 308 g/mol. The van der Waals surface area contributed by atoms with Crippen molar-refractivity contribution in [1.82, 2.24) is 4.90 Å². The van der Waals surface area contributed by atoms with Crippen LogP contribution in [0.15, 0.2) is 18.2 Å². The van der Waals surface area contributed by atoms with E-state index >= 15 is 0 Å². The van der Waals surface area contributed by atoms with Crippen LogP contribution in [0.5, 0.6) is 0 Å². The standard InChI is InChI=1S/C14H14ClN3O3/c1-14(9-16)4-6-17(7-5-14)13(19)11-8-10(18(20)21)2-3-12(11)15/h2-3,8H,4-7H2,1H3. The Hall–Kier alpha value is -2.13. The molecular weight excluding hydrogens is 294 g/mol. The number of benzene rings is 1. The fourth-order valence-electron chi connectivity index (χ4n) is 2.28. The lowest BCUT2D eigenvalue weighted by Crippen LogP contribution is -2.41. The van der Waals surface area contributed by atoms with Gasteiger partial charge in [-0.3, -0.25) is 14.9 Å². The van der Waals surface area contributed by atoms with Gasteiger partial charge in [0.25, 0.3) is 11.6 Å². The third kappa shape index (κ3) is 3.14. The molecule has 1 aliphatic rings. The molecule has 0 unspecified atom stereocenters. The van der Waals surface area contributed by atoms with Crippen LogP contribution in [0.1, 0.15) is 30.1 Å². The van der Waals surface area contributed by atoms with Crippen LogP contribution in [0.4, 0.5) is 5.69 Å². The normalized spacial score (nSPS) is 17.1. The molecule has 0 spiro atoms. The second-order valence-electron chi connectivity index (χ2n) is 5.39. The maximum absolute atomic E-state index is 12.4. The minimum Gasteiger partial charge on any atom is -0.338 e. The number of piperidine rings is 1. The lowest BCUT2D eigenvalue weighted by molar-refractivity contribution is -0.384. The number of hydrogen-bond donors (Lipinski definition) is 0. The molecule has 2 rings (SSSR count). The summed E-state index contributed by atoms with van der Waals surface area (Å²) in [5.74, 6) is -0.330. The molecule has 1 heterocycles. The number of nitro groups is 1. The molecule has 1 aromatic carbocycles. The Kier molecular flexibility index (Phi) is 4.14. The van der Waals surface area contributed by atoms with E-state index in [2.05, 4.69) is 6.07 Å². The summed E-state index contributed by atoms with van der Waals surface area (Å²) < 4.78 is 0. The van der Waals surface area contributed by atoms with E-state index in [9.17, 15) is 14.9 Å². The van der Waals surface area contributed by atoms with Crippen molar-refractivity contribution in [3.8, 4) is 6.07 Å². The molecule has 0 radical (unpaired) electrons. The Morgan fingerprint density at radius 3 is 2.62 bits per heavy atom. The molecule has 6 nitrogen and oxygen atoms in total. The van der Waals surface area contributed by atoms with E-state index in [0.717, 1.165) is 0 Å². The lowest BCUT2D eigenvalue weighted by atomic mass is 9.82. The van der Waals surface area contributed by atoms with Crippen molar-refractivity contribution in [2.24, 2.45) is 5.41 Å². The molecule has 0 bridgehead atoms. The van der Waals surface area contributed by atoms with Crippen LogP contribution < -0.4 is 0 Å². The molecule has 1 aromatic rings. The molecular formula is C14H14ClN3O3. The van der Waals surface area contributed by atoms with Gasteiger partial charge in [0.15, 0.2) is 0 Å². The zero-order valence-corrected chi connectivity index (χ0v) is 12.3. The monoisotopic (exact) mass is 307 g/mol. The van der Waals surface area contributed by atoms with Crippen LogP contribution in [-0.2, 0) is 0 Å². The minimum absolute atomic E-state index is 0.131. The van der Waals surface area contributed by atoms with Gasteiger partial charge in [-0.2, -0.15) is 5.26 Å². The largest absolute Gasteiger partial charge is 0.338 e. The summed E-state index contributed by atoms with van der Waals surface area (Å²) in [5, 5.41) is 20.1. The first-order valence-corrected chi connectivity index (χ1v) is 6.88. The van der Waals surface area contributed by atoms with Gasteiger partial charge in [-0.25, -0.2) is 0 Å². The maximum Gasteiger partial charge on any atom is 0.270 e. The Labute approximate surface area is 127 Å². The smallest absolute Gasteiger partial charge is 0.270 e. The van der Waals surface area contributed by atoms with Crippen LogP contribution in [-0.4, -0.2) is 28.8 Å². The molecule has 1 amide bonds. The van der Waals surface area contributed by atoms with E-state index in [0.29, 0.717) is 25.9 Å². The number of carbonyl (C=O) groups excluding carboxylic acids is 1. The molecule has 7 heteroatoms. The average Bonchev–Trinajstić information content (AvgIpc) is 2.47. The van der Waals surface area contributed by atoms with E-state index < -0.39 is 10.3 Å². The van der Waals surface area contributed by atoms with E-state index in [1.807, 2.05) is 6.92 Å². The summed E-state index contributed by atoms with van der Waals surface area (Å²) in [4.78, 5) is 24.2. The fourth-order valence-corrected chi connectivity index (χ4v) is 2.47.